The Morgan fingerprint density at radius 2 is 1.82 bits per heavy atom. The van der Waals surface area contributed by atoms with E-state index in [1.54, 1.807) is 0 Å². The van der Waals surface area contributed by atoms with E-state index in [0.717, 1.165) is 0 Å². The maximum atomic E-state index is 13.4. The van der Waals surface area contributed by atoms with Crippen molar-refractivity contribution in [3.63, 3.8) is 0 Å². The van der Waals surface area contributed by atoms with Gasteiger partial charge in [0.25, 0.3) is 0 Å². The number of aliphatic hydroxyl groups excluding tert-OH is 2. The Labute approximate surface area is 287 Å². The molecule has 0 radical (unpaired) electrons. The number of β-amino-alcohol motifs (C(OH)–C–C–N with tert-alkyl or cyclic N) is 1. The number of aliphatic hydroxyl groups is 2. The summed E-state index contributed by atoms with van der Waals surface area (Å²) in [5.74, 6) is -1.81. The molecule has 0 unspecified atom stereocenters. The monoisotopic (exact) mass is 715 g/mol. The average molecular weight is 716 g/mol. The Hall–Kier alpha value is -4.51. The fourth-order valence-electron chi connectivity index (χ4n) is 5.84. The Morgan fingerprint density at radius 3 is 2.46 bits per heavy atom. The zero-order valence-electron chi connectivity index (χ0n) is 27.7. The number of aliphatic imine (C=N–C) groups is 1. The highest BCUT2D eigenvalue weighted by Gasteiger charge is 2.50. The fourth-order valence-corrected chi connectivity index (χ4v) is 5.84. The van der Waals surface area contributed by atoms with Crippen molar-refractivity contribution in [2.75, 3.05) is 26.2 Å². The average Bonchev–Trinajstić information content (AvgIpc) is 3.47. The molecule has 0 aromatic heterocycles. The first-order chi connectivity index (χ1) is 23.7. The summed E-state index contributed by atoms with van der Waals surface area (Å²) < 4.78 is 15.8. The molecule has 22 heteroatoms. The topological polar surface area (TPSA) is 359 Å². The van der Waals surface area contributed by atoms with Crippen molar-refractivity contribution in [2.24, 2.45) is 27.9 Å². The maximum absolute atomic E-state index is 13.4. The van der Waals surface area contributed by atoms with Gasteiger partial charge in [-0.3, -0.25) is 19.2 Å². The first-order valence-corrected chi connectivity index (χ1v) is 16.3. The van der Waals surface area contributed by atoms with Gasteiger partial charge in [0.2, 0.25) is 23.6 Å². The molecule has 3 rings (SSSR count). The number of primary amides is 2. The van der Waals surface area contributed by atoms with E-state index in [-0.39, 0.29) is 50.3 Å². The summed E-state index contributed by atoms with van der Waals surface area (Å²) in [6.45, 7) is 1.39. The Kier molecular flexibility index (Phi) is 15.2. The van der Waals surface area contributed by atoms with Crippen molar-refractivity contribution in [3.05, 3.63) is 0 Å². The molecule has 0 spiro atoms. The molecule has 3 aliphatic rings. The van der Waals surface area contributed by atoms with E-state index in [0.29, 0.717) is 25.8 Å². The van der Waals surface area contributed by atoms with Crippen molar-refractivity contribution >= 4 is 41.8 Å². The lowest BCUT2D eigenvalue weighted by Crippen LogP contribution is -2.70. The number of piperidine rings is 1. The predicted molar refractivity (Wildman–Crippen MR) is 172 cm³/mol. The Morgan fingerprint density at radius 1 is 1.08 bits per heavy atom. The molecular weight excluding hydrogens is 666 g/mol. The van der Waals surface area contributed by atoms with Crippen LogP contribution in [0.5, 0.6) is 0 Å². The highest BCUT2D eigenvalue weighted by Crippen LogP contribution is 2.25. The molecule has 22 nitrogen and oxygen atoms in total. The van der Waals surface area contributed by atoms with Gasteiger partial charge in [-0.25, -0.2) is 14.6 Å². The molecule has 50 heavy (non-hydrogen) atoms. The molecule has 2 saturated heterocycles. The third-order valence-corrected chi connectivity index (χ3v) is 8.16. The van der Waals surface area contributed by atoms with E-state index in [9.17, 15) is 39.0 Å². The molecule has 2 fully saturated rings. The number of nitrogens with one attached hydrogen (secondary N) is 6. The standard InChI is InChI=1S/C28H49N11O11/c1-12(40)35-14(5-3-7-33-17(42)8-13(30)4-2-6-29)9-18(43)36-21-22(44)23(50-27(32)47)16(11-48-26(31)46)49-25(21)39-28-37-19-15(41)10-34-24(45)20(19)38-28/h13-16,19-23,25,41,44H,2-11,29-30H2,1H3,(H2,31,46)(H2,32,47)(H,33,42)(H,34,45)(H,35,40)(H,36,43)(H2,37,38,39)/t13-,14-,15+,16+,19+,20-,21+,22-,23-,25+/m0/s1. The lowest BCUT2D eigenvalue weighted by atomic mass is 9.95. The van der Waals surface area contributed by atoms with Crippen LogP contribution in [0.4, 0.5) is 9.59 Å². The number of carbonyl (C=O) groups is 6. The van der Waals surface area contributed by atoms with E-state index in [1.807, 2.05) is 0 Å². The molecule has 0 aromatic rings. The highest BCUT2D eigenvalue weighted by atomic mass is 16.6. The minimum atomic E-state index is -1.73. The van der Waals surface area contributed by atoms with Gasteiger partial charge >= 0.3 is 12.2 Å². The summed E-state index contributed by atoms with van der Waals surface area (Å²) in [6, 6.07) is -4.20. The second-order valence-corrected chi connectivity index (χ2v) is 12.2. The summed E-state index contributed by atoms with van der Waals surface area (Å²) >= 11 is 0. The predicted octanol–water partition coefficient (Wildman–Crippen LogP) is -5.86. The zero-order valence-corrected chi connectivity index (χ0v) is 27.7. The van der Waals surface area contributed by atoms with E-state index < -0.39 is 91.3 Å². The molecule has 6 amide bonds. The number of rotatable bonds is 17. The smallest absolute Gasteiger partial charge is 0.404 e. The number of hydrogen-bond acceptors (Lipinski definition) is 16. The van der Waals surface area contributed by atoms with Crippen molar-refractivity contribution in [1.29, 1.82) is 0 Å². The second kappa shape index (κ2) is 19.0. The minimum Gasteiger partial charge on any atom is -0.447 e. The van der Waals surface area contributed by atoms with Crippen LogP contribution in [0, 0.1) is 0 Å². The number of guanidine groups is 1. The van der Waals surface area contributed by atoms with Crippen molar-refractivity contribution in [1.82, 2.24) is 31.9 Å². The van der Waals surface area contributed by atoms with Crippen molar-refractivity contribution in [2.45, 2.75) is 106 Å². The first kappa shape index (κ1) is 39.9. The molecule has 0 aromatic carbocycles. The van der Waals surface area contributed by atoms with Crippen molar-refractivity contribution < 1.29 is 53.2 Å². The van der Waals surface area contributed by atoms with Crippen LogP contribution in [0.15, 0.2) is 4.99 Å². The molecule has 282 valence electrons. The van der Waals surface area contributed by atoms with Gasteiger partial charge in [0, 0.05) is 44.9 Å². The number of nitrogens with zero attached hydrogens (tertiary/aromatic N) is 1. The molecule has 3 aliphatic heterocycles. The van der Waals surface area contributed by atoms with Gasteiger partial charge in [-0.15, -0.1) is 0 Å². The normalized spacial score (nSPS) is 28.3. The third kappa shape index (κ3) is 12.1. The number of ether oxygens (including phenoxy) is 3. The Bertz CT molecular complexity index is 1260. The van der Waals surface area contributed by atoms with Gasteiger partial charge in [0.1, 0.15) is 24.9 Å². The van der Waals surface area contributed by atoms with E-state index in [1.165, 1.54) is 6.92 Å². The number of fused-ring (bicyclic) bond motifs is 1. The van der Waals surface area contributed by atoms with Gasteiger partial charge in [-0.05, 0) is 32.2 Å². The molecule has 0 saturated carbocycles. The van der Waals surface area contributed by atoms with Crippen LogP contribution in [0.3, 0.4) is 0 Å². The number of nitrogens with two attached hydrogens (primary N) is 4. The highest BCUT2D eigenvalue weighted by molar-refractivity contribution is 5.92. The first-order valence-electron chi connectivity index (χ1n) is 16.3. The van der Waals surface area contributed by atoms with Gasteiger partial charge in [-0.2, -0.15) is 0 Å². The van der Waals surface area contributed by atoms with Gasteiger partial charge in [0.05, 0.1) is 12.1 Å². The quantitative estimate of drug-likeness (QED) is 0.0624. The zero-order chi connectivity index (χ0) is 37.0. The number of amides is 6. The SMILES string of the molecule is CC(=O)N[C@@H](CCCNC(=O)C[C@@H](N)CCCN)CC(=O)N[C@@H]1[C@H](O)[C@@H](OC(N)=O)[C@@H](COC(N)=O)O[C@H]1NC1=N[C@@H]2C(=O)NC[C@@H](O)[C@H]2N1. The van der Waals surface area contributed by atoms with E-state index >= 15 is 0 Å². The van der Waals surface area contributed by atoms with Gasteiger partial charge in [0.15, 0.2) is 24.3 Å². The van der Waals surface area contributed by atoms with Gasteiger partial charge < -0.3 is 79.3 Å². The Balaban J connectivity index is 1.72. The van der Waals surface area contributed by atoms with Crippen molar-refractivity contribution in [3.8, 4) is 0 Å². The lowest BCUT2D eigenvalue weighted by molar-refractivity contribution is -0.197. The number of hydrogen-bond donors (Lipinski definition) is 12. The fraction of sp³-hybridized carbons (Fsp3) is 0.750. The molecular formula is C28H49N11O11. The minimum absolute atomic E-state index is 0.0168. The lowest BCUT2D eigenvalue weighted by Gasteiger charge is -2.44. The third-order valence-electron chi connectivity index (χ3n) is 8.16. The van der Waals surface area contributed by atoms with Crippen LogP contribution >= 0.6 is 0 Å². The maximum Gasteiger partial charge on any atom is 0.404 e. The molecule has 3 heterocycles. The van der Waals surface area contributed by atoms with Crippen LogP contribution < -0.4 is 54.8 Å². The van der Waals surface area contributed by atoms with Gasteiger partial charge in [-0.1, -0.05) is 0 Å². The van der Waals surface area contributed by atoms with E-state index in [4.69, 9.17) is 37.1 Å². The van der Waals surface area contributed by atoms with Crippen LogP contribution in [-0.2, 0) is 33.4 Å². The molecule has 16 N–H and O–H groups in total. The number of carbonyl (C=O) groups excluding carboxylic acids is 6. The summed E-state index contributed by atoms with van der Waals surface area (Å²) in [4.78, 5) is 77.2. The van der Waals surface area contributed by atoms with Crippen LogP contribution in [0.25, 0.3) is 0 Å². The molecule has 0 bridgehead atoms. The van der Waals surface area contributed by atoms with Crippen LogP contribution in [0.1, 0.15) is 45.4 Å². The summed E-state index contributed by atoms with van der Waals surface area (Å²) in [5, 5.41) is 38.0. The molecule has 0 aliphatic carbocycles. The summed E-state index contributed by atoms with van der Waals surface area (Å²) in [5.41, 5.74) is 21.7. The second-order valence-electron chi connectivity index (χ2n) is 12.2. The summed E-state index contributed by atoms with van der Waals surface area (Å²) in [6.07, 6.45) is -7.67. The van der Waals surface area contributed by atoms with E-state index in [2.05, 4.69) is 36.9 Å². The van der Waals surface area contributed by atoms with Crippen LogP contribution in [0.2, 0.25) is 0 Å². The largest absolute Gasteiger partial charge is 0.447 e. The summed E-state index contributed by atoms with van der Waals surface area (Å²) in [7, 11) is 0. The van der Waals surface area contributed by atoms with Crippen LogP contribution in [-0.4, -0.2) is 139 Å². The molecule has 10 atom stereocenters.